The Morgan fingerprint density at radius 2 is 1.06 bits per heavy atom. The normalized spacial score (nSPS) is 10.8. The number of allylic oxidation sites excluding steroid dienone is 4. The second kappa shape index (κ2) is 10.9. The van der Waals surface area contributed by atoms with Crippen molar-refractivity contribution in [1.82, 2.24) is 4.44 Å². The SMILES string of the molecule is C=CCP(CC=C)N(CC)P(CC=C)CC=C. The lowest BCUT2D eigenvalue weighted by Crippen LogP contribution is -2.16. The minimum Gasteiger partial charge on any atom is -0.259 e. The first-order valence-electron chi connectivity index (χ1n) is 5.95. The second-order valence-electron chi connectivity index (χ2n) is 3.59. The summed E-state index contributed by atoms with van der Waals surface area (Å²) in [7, 11) is -0.313. The molecule has 0 radical (unpaired) electrons. The van der Waals surface area contributed by atoms with Gasteiger partial charge in [0.25, 0.3) is 0 Å². The second-order valence-corrected chi connectivity index (χ2v) is 8.35. The molecule has 17 heavy (non-hydrogen) atoms. The van der Waals surface area contributed by atoms with E-state index in [1.165, 1.54) is 0 Å². The van der Waals surface area contributed by atoms with E-state index < -0.39 is 0 Å². The molecule has 0 N–H and O–H groups in total. The van der Waals surface area contributed by atoms with Crippen LogP contribution in [0.1, 0.15) is 6.92 Å². The molecule has 0 aliphatic rings. The van der Waals surface area contributed by atoms with Crippen LogP contribution >= 0.6 is 16.1 Å². The fourth-order valence-corrected chi connectivity index (χ4v) is 7.05. The van der Waals surface area contributed by atoms with Crippen molar-refractivity contribution in [2.75, 3.05) is 31.2 Å². The van der Waals surface area contributed by atoms with Crippen molar-refractivity contribution in [3.05, 3.63) is 50.6 Å². The van der Waals surface area contributed by atoms with Crippen LogP contribution in [0.25, 0.3) is 0 Å². The van der Waals surface area contributed by atoms with E-state index in [4.69, 9.17) is 0 Å². The van der Waals surface area contributed by atoms with E-state index >= 15 is 0 Å². The topological polar surface area (TPSA) is 3.24 Å². The summed E-state index contributed by atoms with van der Waals surface area (Å²) in [6, 6.07) is 0. The van der Waals surface area contributed by atoms with Crippen LogP contribution < -0.4 is 0 Å². The van der Waals surface area contributed by atoms with E-state index in [2.05, 4.69) is 37.7 Å². The lowest BCUT2D eigenvalue weighted by atomic mass is 10.7. The van der Waals surface area contributed by atoms with Crippen molar-refractivity contribution < 1.29 is 0 Å². The molecule has 0 aliphatic heterocycles. The monoisotopic (exact) mass is 269 g/mol. The van der Waals surface area contributed by atoms with Crippen molar-refractivity contribution in [3.8, 4) is 0 Å². The van der Waals surface area contributed by atoms with Gasteiger partial charge in [-0.15, -0.1) is 26.3 Å². The Kier molecular flexibility index (Phi) is 10.8. The zero-order chi connectivity index (χ0) is 13.1. The van der Waals surface area contributed by atoms with Crippen LogP contribution in [0.2, 0.25) is 0 Å². The number of nitrogens with zero attached hydrogens (tertiary/aromatic N) is 1. The average molecular weight is 269 g/mol. The minimum atomic E-state index is -0.156. The van der Waals surface area contributed by atoms with Crippen LogP contribution in [0, 0.1) is 0 Å². The molecule has 0 aromatic rings. The quantitative estimate of drug-likeness (QED) is 0.383. The molecule has 0 bridgehead atoms. The van der Waals surface area contributed by atoms with Gasteiger partial charge in [-0.25, -0.2) is 0 Å². The predicted octanol–water partition coefficient (Wildman–Crippen LogP) is 4.85. The van der Waals surface area contributed by atoms with Crippen molar-refractivity contribution in [3.63, 3.8) is 0 Å². The van der Waals surface area contributed by atoms with Gasteiger partial charge in [-0.05, 0) is 40.8 Å². The summed E-state index contributed by atoms with van der Waals surface area (Å²) < 4.78 is 2.65. The lowest BCUT2D eigenvalue weighted by Gasteiger charge is -2.36. The first-order chi connectivity index (χ1) is 8.24. The van der Waals surface area contributed by atoms with E-state index in [0.717, 1.165) is 31.2 Å². The van der Waals surface area contributed by atoms with Gasteiger partial charge in [0, 0.05) is 6.54 Å². The molecule has 0 aliphatic carbocycles. The molecule has 0 aromatic carbocycles. The summed E-state index contributed by atoms with van der Waals surface area (Å²) in [5, 5.41) is 0. The number of hydrogen-bond acceptors (Lipinski definition) is 1. The van der Waals surface area contributed by atoms with Gasteiger partial charge in [0.1, 0.15) is 0 Å². The standard InChI is InChI=1S/C14H25NP2/c1-6-11-16(12-7-2)15(10-5)17(13-8-3)14-9-4/h6-9H,1-4,10-14H2,5H3. The molecule has 0 spiro atoms. The van der Waals surface area contributed by atoms with Crippen LogP contribution in [0.3, 0.4) is 0 Å². The van der Waals surface area contributed by atoms with Crippen LogP contribution in [0.5, 0.6) is 0 Å². The maximum absolute atomic E-state index is 3.87. The first-order valence-corrected chi connectivity index (χ1v) is 9.28. The molecule has 0 fully saturated rings. The highest BCUT2D eigenvalue weighted by Crippen LogP contribution is 2.56. The number of hydrogen-bond donors (Lipinski definition) is 0. The van der Waals surface area contributed by atoms with Crippen molar-refractivity contribution in [1.29, 1.82) is 0 Å². The van der Waals surface area contributed by atoms with Gasteiger partial charge in [-0.1, -0.05) is 31.2 Å². The summed E-state index contributed by atoms with van der Waals surface area (Å²) in [5.41, 5.74) is 0. The minimum absolute atomic E-state index is 0.156. The van der Waals surface area contributed by atoms with Crippen LogP contribution in [0.15, 0.2) is 50.6 Å². The van der Waals surface area contributed by atoms with Gasteiger partial charge in [-0.2, -0.15) is 0 Å². The van der Waals surface area contributed by atoms with E-state index in [1.807, 2.05) is 24.3 Å². The van der Waals surface area contributed by atoms with Gasteiger partial charge in [-0.3, -0.25) is 4.44 Å². The molecule has 0 heterocycles. The first kappa shape index (κ1) is 16.8. The third kappa shape index (κ3) is 6.32. The maximum atomic E-state index is 3.87. The Bertz CT molecular complexity index is 207. The molecule has 0 amide bonds. The predicted molar refractivity (Wildman–Crippen MR) is 86.5 cm³/mol. The van der Waals surface area contributed by atoms with E-state index in [0.29, 0.717) is 0 Å². The molecule has 0 rings (SSSR count). The molecular formula is C14H25NP2. The van der Waals surface area contributed by atoms with Crippen LogP contribution in [-0.2, 0) is 0 Å². The third-order valence-corrected chi connectivity index (χ3v) is 8.40. The molecule has 0 unspecified atom stereocenters. The molecule has 1 nitrogen and oxygen atoms in total. The zero-order valence-corrected chi connectivity index (χ0v) is 12.8. The van der Waals surface area contributed by atoms with Gasteiger partial charge < -0.3 is 0 Å². The highest BCUT2D eigenvalue weighted by molar-refractivity contribution is 7.70. The van der Waals surface area contributed by atoms with Gasteiger partial charge in [0.05, 0.1) is 0 Å². The van der Waals surface area contributed by atoms with E-state index in [-0.39, 0.29) is 16.1 Å². The van der Waals surface area contributed by atoms with E-state index in [1.54, 1.807) is 0 Å². The zero-order valence-electron chi connectivity index (χ0n) is 11.0. The fraction of sp³-hybridized carbons (Fsp3) is 0.429. The van der Waals surface area contributed by atoms with Crippen LogP contribution in [0.4, 0.5) is 0 Å². The Labute approximate surface area is 110 Å². The highest BCUT2D eigenvalue weighted by atomic mass is 31.2. The van der Waals surface area contributed by atoms with E-state index in [9.17, 15) is 0 Å². The van der Waals surface area contributed by atoms with Crippen molar-refractivity contribution in [2.24, 2.45) is 0 Å². The van der Waals surface area contributed by atoms with Crippen LogP contribution in [-0.4, -0.2) is 35.6 Å². The Balaban J connectivity index is 4.77. The Morgan fingerprint density at radius 1 is 0.765 bits per heavy atom. The fourth-order valence-electron chi connectivity index (χ4n) is 1.70. The molecule has 0 saturated heterocycles. The Hall–Kier alpha value is -0.220. The summed E-state index contributed by atoms with van der Waals surface area (Å²) >= 11 is 0. The Morgan fingerprint density at radius 3 is 1.24 bits per heavy atom. The lowest BCUT2D eigenvalue weighted by molar-refractivity contribution is 0.743. The average Bonchev–Trinajstić information content (AvgIpc) is 2.31. The molecule has 0 atom stereocenters. The van der Waals surface area contributed by atoms with Gasteiger partial charge >= 0.3 is 0 Å². The molecule has 0 aromatic heterocycles. The summed E-state index contributed by atoms with van der Waals surface area (Å²) in [6.07, 6.45) is 12.5. The molecule has 3 heteroatoms. The van der Waals surface area contributed by atoms with Gasteiger partial charge in [0.2, 0.25) is 0 Å². The summed E-state index contributed by atoms with van der Waals surface area (Å²) in [5.74, 6) is 0. The smallest absolute Gasteiger partial charge is 0.00337 e. The molecule has 0 saturated carbocycles. The summed E-state index contributed by atoms with van der Waals surface area (Å²) in [4.78, 5) is 0. The molecule has 96 valence electrons. The van der Waals surface area contributed by atoms with Crippen molar-refractivity contribution >= 4 is 16.1 Å². The maximum Gasteiger partial charge on any atom is 0.00337 e. The molecular weight excluding hydrogens is 244 g/mol. The summed E-state index contributed by atoms with van der Waals surface area (Å²) in [6.45, 7) is 18.8. The highest BCUT2D eigenvalue weighted by Gasteiger charge is 2.21. The van der Waals surface area contributed by atoms with Gasteiger partial charge in [0.15, 0.2) is 0 Å². The van der Waals surface area contributed by atoms with Crippen molar-refractivity contribution in [2.45, 2.75) is 6.92 Å². The largest absolute Gasteiger partial charge is 0.259 e. The number of rotatable bonds is 11. The third-order valence-electron chi connectivity index (χ3n) is 2.30.